The van der Waals surface area contributed by atoms with Crippen LogP contribution in [-0.2, 0) is 9.78 Å². The average molecular weight is 443 g/mol. The van der Waals surface area contributed by atoms with Gasteiger partial charge >= 0.3 is 0 Å². The van der Waals surface area contributed by atoms with Crippen LogP contribution in [0.2, 0.25) is 0 Å². The molecule has 0 aromatic rings. The van der Waals surface area contributed by atoms with Crippen molar-refractivity contribution in [1.82, 2.24) is 0 Å². The quantitative estimate of drug-likeness (QED) is 0.373. The number of fused-ring (bicyclic) bond motifs is 2. The molecule has 1 N–H and O–H groups in total. The molecule has 6 rings (SSSR count). The van der Waals surface area contributed by atoms with Gasteiger partial charge in [0.25, 0.3) is 0 Å². The standard InChI is InChI=1S/C29H46O3/c1-7-21(19(2)3)9-8-20(4)23-10-11-24-26(23,5)14-13-25-27(6)15-12-22(30)18-28(27)16-17-29(24,25)32-31-28/h8-9,16-17,19-25,30H,7,10-15,18H2,1-6H3/b9-8+/t20-,21+,22+,23-,24-,25-,26-,27-,28-,29+/m1/s1. The lowest BCUT2D eigenvalue weighted by Crippen LogP contribution is -2.73. The second-order valence-corrected chi connectivity index (χ2v) is 13.0. The summed E-state index contributed by atoms with van der Waals surface area (Å²) in [6, 6.07) is 0. The fourth-order valence-corrected chi connectivity index (χ4v) is 9.29. The van der Waals surface area contributed by atoms with Crippen molar-refractivity contribution in [2.24, 2.45) is 46.3 Å². The number of aliphatic hydroxyl groups is 1. The van der Waals surface area contributed by atoms with Crippen molar-refractivity contribution in [3.8, 4) is 0 Å². The SMILES string of the molecule is CC[C@@H](/C=C/[C@@H](C)[C@H]1CC[C@@H]2[C@]1(C)CC[C@H]1[C@]23C=C[C@]2(C[C@@H](O)CC[C@]12C)OO3)C(C)C. The molecule has 180 valence electrons. The summed E-state index contributed by atoms with van der Waals surface area (Å²) in [5.74, 6) is 3.70. The van der Waals surface area contributed by atoms with Crippen molar-refractivity contribution in [2.45, 2.75) is 110 Å². The van der Waals surface area contributed by atoms with Crippen LogP contribution in [0.4, 0.5) is 0 Å². The van der Waals surface area contributed by atoms with E-state index in [1.807, 2.05) is 0 Å². The van der Waals surface area contributed by atoms with Crippen LogP contribution in [0.1, 0.15) is 92.9 Å². The molecule has 0 aromatic heterocycles. The minimum atomic E-state index is -0.440. The molecule has 32 heavy (non-hydrogen) atoms. The summed E-state index contributed by atoms with van der Waals surface area (Å²) in [4.78, 5) is 12.8. The third-order valence-electron chi connectivity index (χ3n) is 11.3. The van der Waals surface area contributed by atoms with Crippen molar-refractivity contribution >= 4 is 0 Å². The maximum Gasteiger partial charge on any atom is 0.130 e. The molecule has 0 aromatic carbocycles. The summed E-state index contributed by atoms with van der Waals surface area (Å²) in [5.41, 5.74) is -0.371. The van der Waals surface area contributed by atoms with Gasteiger partial charge < -0.3 is 5.11 Å². The molecule has 0 radical (unpaired) electrons. The van der Waals surface area contributed by atoms with Crippen molar-refractivity contribution in [3.05, 3.63) is 24.3 Å². The van der Waals surface area contributed by atoms with E-state index in [1.165, 1.54) is 32.1 Å². The average Bonchev–Trinajstić information content (AvgIpc) is 3.12. The first-order valence-electron chi connectivity index (χ1n) is 13.6. The Kier molecular flexibility index (Phi) is 5.55. The predicted molar refractivity (Wildman–Crippen MR) is 129 cm³/mol. The largest absolute Gasteiger partial charge is 0.393 e. The monoisotopic (exact) mass is 442 g/mol. The minimum Gasteiger partial charge on any atom is -0.393 e. The van der Waals surface area contributed by atoms with Gasteiger partial charge in [0.15, 0.2) is 0 Å². The lowest BCUT2D eigenvalue weighted by Gasteiger charge is -2.69. The minimum absolute atomic E-state index is 0.0653. The molecule has 3 heteroatoms. The van der Waals surface area contributed by atoms with E-state index < -0.39 is 5.60 Å². The fraction of sp³-hybridized carbons (Fsp3) is 0.862. The van der Waals surface area contributed by atoms with Crippen LogP contribution < -0.4 is 0 Å². The van der Waals surface area contributed by atoms with E-state index in [1.54, 1.807) is 0 Å². The number of hydrogen-bond donors (Lipinski definition) is 1. The Bertz CT molecular complexity index is 787. The van der Waals surface area contributed by atoms with Gasteiger partial charge in [0.05, 0.1) is 6.10 Å². The Morgan fingerprint density at radius 3 is 2.41 bits per heavy atom. The van der Waals surface area contributed by atoms with Gasteiger partial charge in [-0.25, -0.2) is 9.78 Å². The van der Waals surface area contributed by atoms with E-state index in [2.05, 4.69) is 65.8 Å². The molecule has 6 aliphatic rings. The molecule has 4 aliphatic carbocycles. The summed E-state index contributed by atoms with van der Waals surface area (Å²) < 4.78 is 0. The number of hydrogen-bond acceptors (Lipinski definition) is 3. The van der Waals surface area contributed by atoms with E-state index in [0.717, 1.165) is 12.8 Å². The van der Waals surface area contributed by atoms with Crippen LogP contribution in [0.25, 0.3) is 0 Å². The second-order valence-electron chi connectivity index (χ2n) is 13.0. The normalized spacial score (nSPS) is 51.5. The fourth-order valence-electron chi connectivity index (χ4n) is 9.29. The molecule has 1 saturated heterocycles. The molecular formula is C29H46O3. The van der Waals surface area contributed by atoms with Gasteiger partial charge in [-0.2, -0.15) is 0 Å². The number of rotatable bonds is 5. The third kappa shape index (κ3) is 2.96. The van der Waals surface area contributed by atoms with Gasteiger partial charge in [0.1, 0.15) is 11.2 Å². The molecule has 4 fully saturated rings. The summed E-state index contributed by atoms with van der Waals surface area (Å²) >= 11 is 0. The summed E-state index contributed by atoms with van der Waals surface area (Å²) in [7, 11) is 0. The zero-order valence-corrected chi connectivity index (χ0v) is 21.3. The smallest absolute Gasteiger partial charge is 0.130 e. The molecule has 0 unspecified atom stereocenters. The first-order chi connectivity index (χ1) is 15.1. The van der Waals surface area contributed by atoms with E-state index in [9.17, 15) is 5.11 Å². The van der Waals surface area contributed by atoms with Crippen LogP contribution in [0.15, 0.2) is 24.3 Å². The maximum atomic E-state index is 10.4. The van der Waals surface area contributed by atoms with E-state index in [0.29, 0.717) is 41.9 Å². The van der Waals surface area contributed by atoms with Gasteiger partial charge in [-0.1, -0.05) is 59.8 Å². The lowest BCUT2D eigenvalue weighted by molar-refractivity contribution is -0.497. The summed E-state index contributed by atoms with van der Waals surface area (Å²) in [6.45, 7) is 14.4. The van der Waals surface area contributed by atoms with Crippen molar-refractivity contribution in [3.63, 3.8) is 0 Å². The molecule has 2 spiro atoms. The van der Waals surface area contributed by atoms with Crippen molar-refractivity contribution < 1.29 is 14.9 Å². The first kappa shape index (κ1) is 23.1. The van der Waals surface area contributed by atoms with Gasteiger partial charge in [-0.15, -0.1) is 0 Å². The zero-order chi connectivity index (χ0) is 22.9. The van der Waals surface area contributed by atoms with E-state index >= 15 is 0 Å². The van der Waals surface area contributed by atoms with Crippen LogP contribution in [0.3, 0.4) is 0 Å². The number of allylic oxidation sites excluding steroid dienone is 2. The molecule has 2 heterocycles. The molecule has 2 bridgehead atoms. The highest BCUT2D eigenvalue weighted by molar-refractivity contribution is 5.33. The Balaban J connectivity index is 1.44. The lowest BCUT2D eigenvalue weighted by atomic mass is 9.43. The van der Waals surface area contributed by atoms with Crippen LogP contribution >= 0.6 is 0 Å². The summed E-state index contributed by atoms with van der Waals surface area (Å²) in [6.07, 6.45) is 18.3. The topological polar surface area (TPSA) is 38.7 Å². The van der Waals surface area contributed by atoms with Crippen LogP contribution in [0.5, 0.6) is 0 Å². The van der Waals surface area contributed by atoms with Gasteiger partial charge in [0.2, 0.25) is 0 Å². The molecule has 3 saturated carbocycles. The summed E-state index contributed by atoms with van der Waals surface area (Å²) in [5, 5.41) is 10.4. The Morgan fingerprint density at radius 1 is 0.969 bits per heavy atom. The van der Waals surface area contributed by atoms with Crippen molar-refractivity contribution in [2.75, 3.05) is 0 Å². The Hall–Kier alpha value is -0.640. The molecule has 2 aliphatic heterocycles. The predicted octanol–water partition coefficient (Wildman–Crippen LogP) is 6.86. The van der Waals surface area contributed by atoms with E-state index in [-0.39, 0.29) is 22.5 Å². The first-order valence-corrected chi connectivity index (χ1v) is 13.6. The van der Waals surface area contributed by atoms with Gasteiger partial charge in [-0.3, -0.25) is 0 Å². The van der Waals surface area contributed by atoms with Gasteiger partial charge in [-0.05, 0) is 80.1 Å². The highest BCUT2D eigenvalue weighted by Gasteiger charge is 2.74. The van der Waals surface area contributed by atoms with Gasteiger partial charge in [0, 0.05) is 23.7 Å². The second kappa shape index (κ2) is 7.68. The maximum absolute atomic E-state index is 10.4. The highest BCUT2D eigenvalue weighted by Crippen LogP contribution is 2.72. The van der Waals surface area contributed by atoms with Crippen molar-refractivity contribution in [1.29, 1.82) is 0 Å². The van der Waals surface area contributed by atoms with E-state index in [4.69, 9.17) is 9.78 Å². The molecule has 10 atom stereocenters. The number of aliphatic hydroxyl groups excluding tert-OH is 1. The van der Waals surface area contributed by atoms with Crippen LogP contribution in [0, 0.1) is 46.3 Å². The molecular weight excluding hydrogens is 396 g/mol. The Labute approximate surface area is 195 Å². The highest BCUT2D eigenvalue weighted by atomic mass is 17.2. The Morgan fingerprint density at radius 2 is 1.75 bits per heavy atom. The molecule has 3 nitrogen and oxygen atoms in total. The third-order valence-corrected chi connectivity index (χ3v) is 11.3. The zero-order valence-electron chi connectivity index (χ0n) is 21.3. The van der Waals surface area contributed by atoms with Crippen LogP contribution in [-0.4, -0.2) is 22.4 Å². The molecule has 0 amide bonds.